The third kappa shape index (κ3) is 5.85. The van der Waals surface area contributed by atoms with Gasteiger partial charge in [-0.25, -0.2) is 14.6 Å². The number of nitrogens with zero attached hydrogens (tertiary/aromatic N) is 5. The van der Waals surface area contributed by atoms with Crippen LogP contribution in [-0.2, 0) is 30.7 Å². The van der Waals surface area contributed by atoms with Gasteiger partial charge in [0.05, 0.1) is 17.2 Å². The average Bonchev–Trinajstić information content (AvgIpc) is 3.15. The molecular formula is C17H28IN7OS. The Balaban J connectivity index is 0.00000261. The highest BCUT2D eigenvalue weighted by Gasteiger charge is 2.22. The SMILES string of the molecule is CN=C(NCCc1sc(C)nc1C)NC1CCc2nc(COC)nn2C1.I. The molecule has 3 rings (SSSR count). The largest absolute Gasteiger partial charge is 0.377 e. The third-order valence-electron chi connectivity index (χ3n) is 4.38. The average molecular weight is 505 g/mol. The highest BCUT2D eigenvalue weighted by molar-refractivity contribution is 14.0. The molecule has 0 saturated heterocycles. The van der Waals surface area contributed by atoms with Crippen LogP contribution in [0.4, 0.5) is 0 Å². The molecule has 150 valence electrons. The second-order valence-corrected chi connectivity index (χ2v) is 7.72. The summed E-state index contributed by atoms with van der Waals surface area (Å²) in [5.74, 6) is 2.62. The van der Waals surface area contributed by atoms with Gasteiger partial charge in [-0.3, -0.25) is 4.99 Å². The molecule has 3 heterocycles. The number of thiazole rings is 1. The lowest BCUT2D eigenvalue weighted by Crippen LogP contribution is -2.47. The highest BCUT2D eigenvalue weighted by Crippen LogP contribution is 2.17. The van der Waals surface area contributed by atoms with Gasteiger partial charge in [-0.15, -0.1) is 35.3 Å². The Bertz CT molecular complexity index is 773. The zero-order chi connectivity index (χ0) is 18.5. The van der Waals surface area contributed by atoms with Crippen LogP contribution in [-0.4, -0.2) is 52.5 Å². The Kier molecular flexibility index (Phi) is 8.42. The van der Waals surface area contributed by atoms with E-state index in [0.717, 1.165) is 60.7 Å². The molecule has 0 radical (unpaired) electrons. The summed E-state index contributed by atoms with van der Waals surface area (Å²) in [6, 6.07) is 0.290. The van der Waals surface area contributed by atoms with Crippen LogP contribution in [0.2, 0.25) is 0 Å². The zero-order valence-electron chi connectivity index (χ0n) is 16.3. The summed E-state index contributed by atoms with van der Waals surface area (Å²) in [5.41, 5.74) is 1.13. The normalized spacial score (nSPS) is 16.6. The van der Waals surface area contributed by atoms with Gasteiger partial charge < -0.3 is 15.4 Å². The Hall–Kier alpha value is -1.27. The number of fused-ring (bicyclic) bond motifs is 1. The molecule has 8 nitrogen and oxygen atoms in total. The van der Waals surface area contributed by atoms with Crippen LogP contribution in [0.1, 0.15) is 33.6 Å². The molecule has 0 fully saturated rings. The Labute approximate surface area is 181 Å². The van der Waals surface area contributed by atoms with E-state index in [-0.39, 0.29) is 30.0 Å². The summed E-state index contributed by atoms with van der Waals surface area (Å²) in [5, 5.41) is 12.5. The van der Waals surface area contributed by atoms with E-state index in [4.69, 9.17) is 4.74 Å². The molecule has 10 heteroatoms. The van der Waals surface area contributed by atoms with Gasteiger partial charge >= 0.3 is 0 Å². The van der Waals surface area contributed by atoms with Crippen LogP contribution < -0.4 is 10.6 Å². The minimum atomic E-state index is 0. The fraction of sp³-hybridized carbons (Fsp3) is 0.647. The van der Waals surface area contributed by atoms with Crippen LogP contribution in [0.3, 0.4) is 0 Å². The molecule has 2 N–H and O–H groups in total. The van der Waals surface area contributed by atoms with Crippen molar-refractivity contribution in [3.05, 3.63) is 27.2 Å². The van der Waals surface area contributed by atoms with E-state index in [9.17, 15) is 0 Å². The van der Waals surface area contributed by atoms with Crippen molar-refractivity contribution in [1.82, 2.24) is 30.4 Å². The molecule has 2 aromatic rings. The minimum absolute atomic E-state index is 0. The van der Waals surface area contributed by atoms with Gasteiger partial charge in [0.2, 0.25) is 0 Å². The predicted octanol–water partition coefficient (Wildman–Crippen LogP) is 1.84. The van der Waals surface area contributed by atoms with Crippen LogP contribution in [0.5, 0.6) is 0 Å². The zero-order valence-corrected chi connectivity index (χ0v) is 19.4. The molecule has 0 amide bonds. The number of ether oxygens (including phenoxy) is 1. The molecule has 1 atom stereocenters. The van der Waals surface area contributed by atoms with Crippen LogP contribution in [0, 0.1) is 13.8 Å². The van der Waals surface area contributed by atoms with E-state index in [1.165, 1.54) is 4.88 Å². The van der Waals surface area contributed by atoms with Gasteiger partial charge in [0.25, 0.3) is 0 Å². The highest BCUT2D eigenvalue weighted by atomic mass is 127. The second kappa shape index (κ2) is 10.3. The number of nitrogens with one attached hydrogen (secondary N) is 2. The number of guanidine groups is 1. The number of aromatic nitrogens is 4. The number of aliphatic imine (C=N–C) groups is 1. The van der Waals surface area contributed by atoms with Crippen molar-refractivity contribution >= 4 is 41.3 Å². The number of rotatable bonds is 6. The number of hydrogen-bond acceptors (Lipinski definition) is 6. The molecule has 27 heavy (non-hydrogen) atoms. The molecule has 0 aliphatic carbocycles. The summed E-state index contributed by atoms with van der Waals surface area (Å²) in [4.78, 5) is 14.7. The monoisotopic (exact) mass is 505 g/mol. The standard InChI is InChI=1S/C17H27N7OS.HI/c1-11-14(26-12(2)20-11)7-8-19-17(18-3)21-13-5-6-16-22-15(10-25-4)23-24(16)9-13;/h13H,5-10H2,1-4H3,(H2,18,19,21);1H. The lowest BCUT2D eigenvalue weighted by Gasteiger charge is -2.25. The third-order valence-corrected chi connectivity index (χ3v) is 5.52. The van der Waals surface area contributed by atoms with Gasteiger partial charge in [0.1, 0.15) is 12.4 Å². The van der Waals surface area contributed by atoms with E-state index < -0.39 is 0 Å². The lowest BCUT2D eigenvalue weighted by molar-refractivity contribution is 0.177. The minimum Gasteiger partial charge on any atom is -0.377 e. The van der Waals surface area contributed by atoms with Crippen molar-refractivity contribution in [2.45, 2.75) is 52.3 Å². The van der Waals surface area contributed by atoms with Crippen molar-refractivity contribution in [3.8, 4) is 0 Å². The van der Waals surface area contributed by atoms with E-state index in [1.807, 2.05) is 4.68 Å². The number of methoxy groups -OCH3 is 1. The van der Waals surface area contributed by atoms with Crippen molar-refractivity contribution in [1.29, 1.82) is 0 Å². The Morgan fingerprint density at radius 3 is 2.85 bits per heavy atom. The van der Waals surface area contributed by atoms with Crippen LogP contribution >= 0.6 is 35.3 Å². The summed E-state index contributed by atoms with van der Waals surface area (Å²) < 4.78 is 7.10. The van der Waals surface area contributed by atoms with Gasteiger partial charge in [-0.1, -0.05) is 0 Å². The first-order valence-electron chi connectivity index (χ1n) is 8.90. The first kappa shape index (κ1) is 22.0. The van der Waals surface area contributed by atoms with Crippen molar-refractivity contribution < 1.29 is 4.74 Å². The lowest BCUT2D eigenvalue weighted by atomic mass is 10.1. The predicted molar refractivity (Wildman–Crippen MR) is 118 cm³/mol. The van der Waals surface area contributed by atoms with Gasteiger partial charge in [0, 0.05) is 44.5 Å². The molecule has 0 bridgehead atoms. The Morgan fingerprint density at radius 1 is 1.37 bits per heavy atom. The quantitative estimate of drug-likeness (QED) is 0.354. The van der Waals surface area contributed by atoms with Crippen LogP contribution in [0.25, 0.3) is 0 Å². The maximum atomic E-state index is 5.12. The molecule has 0 spiro atoms. The summed E-state index contributed by atoms with van der Waals surface area (Å²) in [7, 11) is 3.47. The molecule has 1 aliphatic rings. The molecule has 1 unspecified atom stereocenters. The van der Waals surface area contributed by atoms with E-state index in [0.29, 0.717) is 6.61 Å². The van der Waals surface area contributed by atoms with Gasteiger partial charge in [-0.05, 0) is 20.3 Å². The van der Waals surface area contributed by atoms with Gasteiger partial charge in [0.15, 0.2) is 11.8 Å². The van der Waals surface area contributed by atoms with Crippen LogP contribution in [0.15, 0.2) is 4.99 Å². The number of hydrogen-bond donors (Lipinski definition) is 2. The Morgan fingerprint density at radius 2 is 2.19 bits per heavy atom. The topological polar surface area (TPSA) is 89.2 Å². The molecule has 0 saturated carbocycles. The fourth-order valence-corrected chi connectivity index (χ4v) is 4.09. The van der Waals surface area contributed by atoms with E-state index in [1.54, 1.807) is 25.5 Å². The second-order valence-electron chi connectivity index (χ2n) is 6.43. The molecular weight excluding hydrogens is 477 g/mol. The van der Waals surface area contributed by atoms with E-state index >= 15 is 0 Å². The molecule has 2 aromatic heterocycles. The number of halogens is 1. The maximum absolute atomic E-state index is 5.12. The molecule has 1 aliphatic heterocycles. The maximum Gasteiger partial charge on any atom is 0.191 e. The number of aryl methyl sites for hydroxylation is 3. The summed E-state index contributed by atoms with van der Waals surface area (Å²) in [6.07, 6.45) is 2.87. The first-order chi connectivity index (χ1) is 12.6. The summed E-state index contributed by atoms with van der Waals surface area (Å²) >= 11 is 1.77. The van der Waals surface area contributed by atoms with Gasteiger partial charge in [-0.2, -0.15) is 5.10 Å². The summed E-state index contributed by atoms with van der Waals surface area (Å²) in [6.45, 7) is 6.20. The van der Waals surface area contributed by atoms with Crippen molar-refractivity contribution in [3.63, 3.8) is 0 Å². The molecule has 0 aromatic carbocycles. The first-order valence-corrected chi connectivity index (χ1v) is 9.72. The smallest absolute Gasteiger partial charge is 0.191 e. The van der Waals surface area contributed by atoms with Crippen molar-refractivity contribution in [2.75, 3.05) is 20.7 Å². The van der Waals surface area contributed by atoms with Crippen molar-refractivity contribution in [2.24, 2.45) is 4.99 Å². The van der Waals surface area contributed by atoms with E-state index in [2.05, 4.69) is 44.5 Å². The fourth-order valence-electron chi connectivity index (χ4n) is 3.16.